The van der Waals surface area contributed by atoms with Crippen molar-refractivity contribution in [1.29, 1.82) is 0 Å². The van der Waals surface area contributed by atoms with Gasteiger partial charge in [-0.2, -0.15) is 0 Å². The molecule has 2 amide bonds. The quantitative estimate of drug-likeness (QED) is 0.483. The first-order valence-electron chi connectivity index (χ1n) is 7.22. The second-order valence-corrected chi connectivity index (χ2v) is 5.04. The zero-order valence-electron chi connectivity index (χ0n) is 12.0. The first-order chi connectivity index (χ1) is 10.2. The van der Waals surface area contributed by atoms with Gasteiger partial charge in [0.25, 0.3) is 5.91 Å². The van der Waals surface area contributed by atoms with E-state index in [0.717, 1.165) is 25.8 Å². The molecule has 3 N–H and O–H groups in total. The lowest BCUT2D eigenvalue weighted by atomic mass is 10.2. The molecule has 2 rings (SSSR count). The smallest absolute Gasteiger partial charge is 0.265 e. The maximum absolute atomic E-state index is 11.8. The second-order valence-electron chi connectivity index (χ2n) is 5.04. The van der Waals surface area contributed by atoms with E-state index >= 15 is 0 Å². The minimum absolute atomic E-state index is 0.214. The Kier molecular flexibility index (Phi) is 5.57. The van der Waals surface area contributed by atoms with Gasteiger partial charge in [0.1, 0.15) is 12.4 Å². The van der Waals surface area contributed by atoms with E-state index in [2.05, 4.69) is 5.43 Å². The third-order valence-electron chi connectivity index (χ3n) is 3.55. The highest BCUT2D eigenvalue weighted by atomic mass is 16.5. The van der Waals surface area contributed by atoms with Crippen molar-refractivity contribution in [2.24, 2.45) is 5.84 Å². The summed E-state index contributed by atoms with van der Waals surface area (Å²) in [5.74, 6) is 5.61. The molecule has 6 nitrogen and oxygen atoms in total. The third kappa shape index (κ3) is 4.46. The molecule has 0 aliphatic carbocycles. The van der Waals surface area contributed by atoms with Gasteiger partial charge in [-0.3, -0.25) is 15.0 Å². The van der Waals surface area contributed by atoms with Crippen LogP contribution in [-0.4, -0.2) is 36.4 Å². The molecule has 1 aliphatic rings. The number of amides is 2. The molecule has 0 atom stereocenters. The normalized spacial score (nSPS) is 15.5. The number of hydrogen-bond acceptors (Lipinski definition) is 4. The van der Waals surface area contributed by atoms with Crippen LogP contribution in [0.2, 0.25) is 0 Å². The number of hydrazine groups is 1. The van der Waals surface area contributed by atoms with E-state index in [1.807, 2.05) is 4.90 Å². The van der Waals surface area contributed by atoms with Crippen molar-refractivity contribution in [3.05, 3.63) is 29.8 Å². The Morgan fingerprint density at radius 1 is 1.24 bits per heavy atom. The van der Waals surface area contributed by atoms with Gasteiger partial charge >= 0.3 is 0 Å². The molecule has 1 aliphatic heterocycles. The third-order valence-corrected chi connectivity index (χ3v) is 3.55. The molecule has 6 heteroatoms. The molecule has 1 aromatic rings. The van der Waals surface area contributed by atoms with E-state index in [1.54, 1.807) is 24.3 Å². The Hall–Kier alpha value is -2.08. The van der Waals surface area contributed by atoms with E-state index in [4.69, 9.17) is 10.6 Å². The van der Waals surface area contributed by atoms with Gasteiger partial charge in [0, 0.05) is 18.5 Å². The van der Waals surface area contributed by atoms with Gasteiger partial charge in [0.05, 0.1) is 6.54 Å². The molecule has 0 spiro atoms. The summed E-state index contributed by atoms with van der Waals surface area (Å²) in [6.45, 7) is 1.87. The summed E-state index contributed by atoms with van der Waals surface area (Å²) in [6.07, 6.45) is 3.81. The van der Waals surface area contributed by atoms with Crippen LogP contribution in [0.25, 0.3) is 0 Å². The zero-order valence-corrected chi connectivity index (χ0v) is 12.0. The highest BCUT2D eigenvalue weighted by molar-refractivity contribution is 5.93. The lowest BCUT2D eigenvalue weighted by Gasteiger charge is -2.20. The molecule has 1 saturated heterocycles. The number of nitrogens with two attached hydrogens (primary N) is 1. The maximum atomic E-state index is 11.8. The van der Waals surface area contributed by atoms with Crippen LogP contribution in [0, 0.1) is 0 Å². The average molecular weight is 291 g/mol. The number of likely N-dealkylation sites (tertiary alicyclic amines) is 1. The standard InChI is InChI=1S/C15H21N3O3/c16-17-15(20)12-5-7-13(8-6-12)21-11-10-18-9-3-1-2-4-14(18)19/h5-8H,1-4,9-11,16H2,(H,17,20). The molecule has 0 aromatic heterocycles. The Bertz CT molecular complexity index is 487. The van der Waals surface area contributed by atoms with Crippen molar-refractivity contribution in [1.82, 2.24) is 10.3 Å². The van der Waals surface area contributed by atoms with E-state index in [9.17, 15) is 9.59 Å². The van der Waals surface area contributed by atoms with Crippen LogP contribution in [0.15, 0.2) is 24.3 Å². The van der Waals surface area contributed by atoms with Crippen LogP contribution in [0.4, 0.5) is 0 Å². The van der Waals surface area contributed by atoms with Crippen LogP contribution in [0.5, 0.6) is 5.75 Å². The van der Waals surface area contributed by atoms with Crippen molar-refractivity contribution >= 4 is 11.8 Å². The van der Waals surface area contributed by atoms with Gasteiger partial charge in [-0.25, -0.2) is 5.84 Å². The van der Waals surface area contributed by atoms with Crippen molar-refractivity contribution < 1.29 is 14.3 Å². The Morgan fingerprint density at radius 3 is 2.71 bits per heavy atom. The average Bonchev–Trinajstić information content (AvgIpc) is 2.72. The minimum Gasteiger partial charge on any atom is -0.492 e. The molecule has 0 saturated carbocycles. The first-order valence-corrected chi connectivity index (χ1v) is 7.22. The lowest BCUT2D eigenvalue weighted by Crippen LogP contribution is -2.34. The lowest BCUT2D eigenvalue weighted by molar-refractivity contribution is -0.131. The van der Waals surface area contributed by atoms with Gasteiger partial charge < -0.3 is 9.64 Å². The fourth-order valence-electron chi connectivity index (χ4n) is 2.33. The first kappa shape index (κ1) is 15.3. The zero-order chi connectivity index (χ0) is 15.1. The van der Waals surface area contributed by atoms with Crippen LogP contribution in [-0.2, 0) is 4.79 Å². The SMILES string of the molecule is NNC(=O)c1ccc(OCCN2CCCCCC2=O)cc1. The largest absolute Gasteiger partial charge is 0.492 e. The number of benzene rings is 1. The monoisotopic (exact) mass is 291 g/mol. The summed E-state index contributed by atoms with van der Waals surface area (Å²) in [6, 6.07) is 6.73. The van der Waals surface area contributed by atoms with Gasteiger partial charge in [-0.15, -0.1) is 0 Å². The topological polar surface area (TPSA) is 84.7 Å². The molecule has 0 bridgehead atoms. The van der Waals surface area contributed by atoms with E-state index < -0.39 is 0 Å². The number of carbonyl (C=O) groups excluding carboxylic acids is 2. The molecule has 1 heterocycles. The minimum atomic E-state index is -0.336. The van der Waals surface area contributed by atoms with E-state index in [0.29, 0.717) is 30.9 Å². The highest BCUT2D eigenvalue weighted by Crippen LogP contribution is 2.13. The van der Waals surface area contributed by atoms with Crippen molar-refractivity contribution in [3.8, 4) is 5.75 Å². The molecule has 0 unspecified atom stereocenters. The van der Waals surface area contributed by atoms with Crippen LogP contribution in [0.1, 0.15) is 36.0 Å². The molecule has 0 radical (unpaired) electrons. The number of ether oxygens (including phenoxy) is 1. The van der Waals surface area contributed by atoms with E-state index in [1.165, 1.54) is 0 Å². The molecule has 114 valence electrons. The van der Waals surface area contributed by atoms with Gasteiger partial charge in [0.15, 0.2) is 0 Å². The Balaban J connectivity index is 1.80. The number of nitrogens with one attached hydrogen (secondary N) is 1. The fraction of sp³-hybridized carbons (Fsp3) is 0.467. The number of rotatable bonds is 5. The molecule has 1 aromatic carbocycles. The Morgan fingerprint density at radius 2 is 2.00 bits per heavy atom. The van der Waals surface area contributed by atoms with E-state index in [-0.39, 0.29) is 11.8 Å². The number of carbonyl (C=O) groups is 2. The van der Waals surface area contributed by atoms with Crippen molar-refractivity contribution in [3.63, 3.8) is 0 Å². The predicted molar refractivity (Wildman–Crippen MR) is 78.6 cm³/mol. The van der Waals surface area contributed by atoms with Crippen LogP contribution in [0.3, 0.4) is 0 Å². The Labute approximate surface area is 124 Å². The molecule has 1 fully saturated rings. The second kappa shape index (κ2) is 7.64. The summed E-state index contributed by atoms with van der Waals surface area (Å²) in [4.78, 5) is 25.0. The molecular formula is C15H21N3O3. The summed E-state index contributed by atoms with van der Waals surface area (Å²) < 4.78 is 5.61. The molecular weight excluding hydrogens is 270 g/mol. The fourth-order valence-corrected chi connectivity index (χ4v) is 2.33. The maximum Gasteiger partial charge on any atom is 0.265 e. The number of hydrogen-bond donors (Lipinski definition) is 2. The van der Waals surface area contributed by atoms with Gasteiger partial charge in [0.2, 0.25) is 5.91 Å². The van der Waals surface area contributed by atoms with Gasteiger partial charge in [-0.1, -0.05) is 6.42 Å². The van der Waals surface area contributed by atoms with Crippen molar-refractivity contribution in [2.75, 3.05) is 19.7 Å². The van der Waals surface area contributed by atoms with Gasteiger partial charge in [-0.05, 0) is 37.1 Å². The van der Waals surface area contributed by atoms with Crippen LogP contribution < -0.4 is 16.0 Å². The predicted octanol–water partition coefficient (Wildman–Crippen LogP) is 1.07. The summed E-state index contributed by atoms with van der Waals surface area (Å²) in [5, 5.41) is 0. The summed E-state index contributed by atoms with van der Waals surface area (Å²) in [7, 11) is 0. The summed E-state index contributed by atoms with van der Waals surface area (Å²) in [5.41, 5.74) is 2.55. The molecule has 21 heavy (non-hydrogen) atoms. The van der Waals surface area contributed by atoms with Crippen LogP contribution >= 0.6 is 0 Å². The number of nitrogens with zero attached hydrogens (tertiary/aromatic N) is 1. The summed E-state index contributed by atoms with van der Waals surface area (Å²) >= 11 is 0. The number of nitrogen functional groups attached to an aromatic ring is 1. The highest BCUT2D eigenvalue weighted by Gasteiger charge is 2.16. The van der Waals surface area contributed by atoms with Crippen molar-refractivity contribution in [2.45, 2.75) is 25.7 Å².